The van der Waals surface area contributed by atoms with Crippen LogP contribution in [0.15, 0.2) is 23.1 Å². The van der Waals surface area contributed by atoms with E-state index in [1.807, 2.05) is 43.5 Å². The lowest BCUT2D eigenvalue weighted by Gasteiger charge is -2.11. The van der Waals surface area contributed by atoms with Crippen LogP contribution in [0.1, 0.15) is 23.6 Å². The summed E-state index contributed by atoms with van der Waals surface area (Å²) in [6.45, 7) is 6.67. The van der Waals surface area contributed by atoms with Gasteiger partial charge in [0, 0.05) is 18.1 Å². The lowest BCUT2D eigenvalue weighted by Crippen LogP contribution is -2.13. The Balaban J connectivity index is 3.07. The molecule has 0 atom stereocenters. The van der Waals surface area contributed by atoms with Crippen molar-refractivity contribution in [1.29, 1.82) is 5.26 Å². The highest BCUT2D eigenvalue weighted by atomic mass is 16.1. The predicted octanol–water partition coefficient (Wildman–Crippen LogP) is 2.51. The van der Waals surface area contributed by atoms with Crippen LogP contribution in [0.2, 0.25) is 0 Å². The van der Waals surface area contributed by atoms with E-state index >= 15 is 0 Å². The summed E-state index contributed by atoms with van der Waals surface area (Å²) in [6.07, 6.45) is 1.64. The fraction of sp³-hybridized carbons (Fsp3) is 0.286. The van der Waals surface area contributed by atoms with Gasteiger partial charge < -0.3 is 4.57 Å². The first-order valence-electron chi connectivity index (χ1n) is 5.63. The molecule has 0 unspecified atom stereocenters. The van der Waals surface area contributed by atoms with Gasteiger partial charge in [-0.2, -0.15) is 5.26 Å². The molecule has 3 heteroatoms. The van der Waals surface area contributed by atoms with Crippen molar-refractivity contribution in [2.75, 3.05) is 0 Å². The Morgan fingerprint density at radius 3 is 2.65 bits per heavy atom. The summed E-state index contributed by atoms with van der Waals surface area (Å²) in [5.41, 5.74) is 3.02. The van der Waals surface area contributed by atoms with Gasteiger partial charge in [-0.05, 0) is 38.0 Å². The summed E-state index contributed by atoms with van der Waals surface area (Å²) < 4.78 is 1.95. The van der Waals surface area contributed by atoms with E-state index < -0.39 is 0 Å². The summed E-state index contributed by atoms with van der Waals surface area (Å²) in [7, 11) is 0. The molecule has 0 spiro atoms. The molecule has 2 aromatic rings. The molecule has 0 amide bonds. The van der Waals surface area contributed by atoms with E-state index in [0.29, 0.717) is 5.39 Å². The fourth-order valence-corrected chi connectivity index (χ4v) is 2.23. The molecular weight excluding hydrogens is 212 g/mol. The number of rotatable bonds is 1. The van der Waals surface area contributed by atoms with Crippen LogP contribution in [0.5, 0.6) is 0 Å². The molecule has 3 nitrogen and oxygen atoms in total. The monoisotopic (exact) mass is 226 g/mol. The number of aromatic nitrogens is 1. The van der Waals surface area contributed by atoms with Gasteiger partial charge in [0.05, 0.1) is 5.52 Å². The maximum absolute atomic E-state index is 12.1. The zero-order chi connectivity index (χ0) is 12.6. The van der Waals surface area contributed by atoms with E-state index in [1.165, 1.54) is 0 Å². The fourth-order valence-electron chi connectivity index (χ4n) is 2.23. The highest BCUT2D eigenvalue weighted by Crippen LogP contribution is 2.18. The molecule has 1 aromatic carbocycles. The van der Waals surface area contributed by atoms with Crippen LogP contribution >= 0.6 is 0 Å². The third-order valence-electron chi connectivity index (χ3n) is 2.99. The molecule has 0 saturated carbocycles. The number of aryl methyl sites for hydroxylation is 3. The van der Waals surface area contributed by atoms with Crippen molar-refractivity contribution in [2.45, 2.75) is 27.3 Å². The van der Waals surface area contributed by atoms with Crippen molar-refractivity contribution >= 4 is 10.9 Å². The number of hydrogen-bond donors (Lipinski definition) is 0. The molecule has 2 rings (SSSR count). The molecule has 17 heavy (non-hydrogen) atoms. The van der Waals surface area contributed by atoms with Gasteiger partial charge in [-0.15, -0.1) is 0 Å². The first kappa shape index (κ1) is 11.4. The Morgan fingerprint density at radius 2 is 2.06 bits per heavy atom. The van der Waals surface area contributed by atoms with Crippen molar-refractivity contribution < 1.29 is 0 Å². The summed E-state index contributed by atoms with van der Waals surface area (Å²) in [5.74, 6) is 0. The van der Waals surface area contributed by atoms with Crippen LogP contribution in [0, 0.1) is 25.2 Å². The summed E-state index contributed by atoms with van der Waals surface area (Å²) in [5, 5.41) is 9.64. The highest BCUT2D eigenvalue weighted by Gasteiger charge is 2.10. The SMILES string of the molecule is CCn1cc(C#N)c(=O)c2c(C)cc(C)cc21. The normalized spacial score (nSPS) is 10.5. The highest BCUT2D eigenvalue weighted by molar-refractivity contribution is 5.84. The van der Waals surface area contributed by atoms with Gasteiger partial charge in [-0.1, -0.05) is 6.07 Å². The van der Waals surface area contributed by atoms with Crippen molar-refractivity contribution in [3.05, 3.63) is 45.2 Å². The molecule has 0 aliphatic carbocycles. The number of hydrogen-bond acceptors (Lipinski definition) is 2. The number of nitrogens with zero attached hydrogens (tertiary/aromatic N) is 2. The first-order chi connectivity index (χ1) is 8.08. The Bertz CT molecular complexity index is 690. The van der Waals surface area contributed by atoms with E-state index in [9.17, 15) is 4.79 Å². The largest absolute Gasteiger partial charge is 0.346 e. The molecule has 86 valence electrons. The standard InChI is InChI=1S/C14H14N2O/c1-4-16-8-11(7-15)14(17)13-10(3)5-9(2)6-12(13)16/h5-6,8H,4H2,1-3H3. The minimum Gasteiger partial charge on any atom is -0.346 e. The molecule has 1 aromatic heterocycles. The molecule has 0 radical (unpaired) electrons. The van der Waals surface area contributed by atoms with Gasteiger partial charge in [0.1, 0.15) is 11.6 Å². The van der Waals surface area contributed by atoms with Crippen LogP contribution in [-0.2, 0) is 6.54 Å². The third kappa shape index (κ3) is 1.72. The minimum atomic E-state index is -0.162. The Kier molecular flexibility index (Phi) is 2.72. The maximum atomic E-state index is 12.1. The molecule has 0 bridgehead atoms. The molecular formula is C14H14N2O. The number of nitriles is 1. The van der Waals surface area contributed by atoms with E-state index in [1.54, 1.807) is 6.20 Å². The zero-order valence-corrected chi connectivity index (χ0v) is 10.2. The smallest absolute Gasteiger partial charge is 0.207 e. The second-order valence-electron chi connectivity index (χ2n) is 4.25. The van der Waals surface area contributed by atoms with Crippen molar-refractivity contribution in [1.82, 2.24) is 4.57 Å². The summed E-state index contributed by atoms with van der Waals surface area (Å²) >= 11 is 0. The van der Waals surface area contributed by atoms with Gasteiger partial charge >= 0.3 is 0 Å². The second-order valence-corrected chi connectivity index (χ2v) is 4.25. The average Bonchev–Trinajstić information content (AvgIpc) is 2.28. The van der Waals surface area contributed by atoms with Gasteiger partial charge in [-0.3, -0.25) is 4.79 Å². The van der Waals surface area contributed by atoms with Gasteiger partial charge in [-0.25, -0.2) is 0 Å². The van der Waals surface area contributed by atoms with Crippen molar-refractivity contribution in [3.8, 4) is 6.07 Å². The second kappa shape index (κ2) is 4.06. The van der Waals surface area contributed by atoms with Gasteiger partial charge in [0.25, 0.3) is 0 Å². The number of benzene rings is 1. The quantitative estimate of drug-likeness (QED) is 0.750. The first-order valence-corrected chi connectivity index (χ1v) is 5.63. The molecule has 0 fully saturated rings. The average molecular weight is 226 g/mol. The van der Waals surface area contributed by atoms with E-state index in [-0.39, 0.29) is 11.0 Å². The van der Waals surface area contributed by atoms with Crippen LogP contribution in [0.4, 0.5) is 0 Å². The Morgan fingerprint density at radius 1 is 1.35 bits per heavy atom. The number of pyridine rings is 1. The van der Waals surface area contributed by atoms with Crippen molar-refractivity contribution in [2.24, 2.45) is 0 Å². The Labute approximate surface area is 99.9 Å². The maximum Gasteiger partial charge on any atom is 0.207 e. The predicted molar refractivity (Wildman–Crippen MR) is 68.1 cm³/mol. The van der Waals surface area contributed by atoms with Crippen LogP contribution in [0.25, 0.3) is 10.9 Å². The van der Waals surface area contributed by atoms with Crippen LogP contribution in [-0.4, -0.2) is 4.57 Å². The van der Waals surface area contributed by atoms with Gasteiger partial charge in [0.2, 0.25) is 5.43 Å². The van der Waals surface area contributed by atoms with Crippen LogP contribution < -0.4 is 5.43 Å². The van der Waals surface area contributed by atoms with Crippen molar-refractivity contribution in [3.63, 3.8) is 0 Å². The third-order valence-corrected chi connectivity index (χ3v) is 2.99. The lowest BCUT2D eigenvalue weighted by atomic mass is 10.0. The van der Waals surface area contributed by atoms with E-state index in [0.717, 1.165) is 23.2 Å². The number of fused-ring (bicyclic) bond motifs is 1. The van der Waals surface area contributed by atoms with Crippen LogP contribution in [0.3, 0.4) is 0 Å². The molecule has 0 N–H and O–H groups in total. The molecule has 0 saturated heterocycles. The summed E-state index contributed by atoms with van der Waals surface area (Å²) in [6, 6.07) is 5.94. The summed E-state index contributed by atoms with van der Waals surface area (Å²) in [4.78, 5) is 12.1. The molecule has 0 aliphatic heterocycles. The molecule has 0 aliphatic rings. The zero-order valence-electron chi connectivity index (χ0n) is 10.2. The topological polar surface area (TPSA) is 45.8 Å². The van der Waals surface area contributed by atoms with E-state index in [2.05, 4.69) is 0 Å². The van der Waals surface area contributed by atoms with E-state index in [4.69, 9.17) is 5.26 Å². The Hall–Kier alpha value is -2.08. The van der Waals surface area contributed by atoms with Gasteiger partial charge in [0.15, 0.2) is 0 Å². The molecule has 1 heterocycles. The minimum absolute atomic E-state index is 0.162. The lowest BCUT2D eigenvalue weighted by molar-refractivity contribution is 0.785.